The van der Waals surface area contributed by atoms with Gasteiger partial charge < -0.3 is 4.90 Å². The molecule has 0 spiro atoms. The van der Waals surface area contributed by atoms with Crippen molar-refractivity contribution in [3.05, 3.63) is 60.2 Å². The van der Waals surface area contributed by atoms with Gasteiger partial charge in [0.15, 0.2) is 0 Å². The van der Waals surface area contributed by atoms with Gasteiger partial charge in [-0.05, 0) is 55.5 Å². The molecule has 1 amide bonds. The molecule has 2 aromatic heterocycles. The minimum Gasteiger partial charge on any atom is -0.345 e. The summed E-state index contributed by atoms with van der Waals surface area (Å²) >= 11 is 0. The third-order valence-electron chi connectivity index (χ3n) is 5.35. The van der Waals surface area contributed by atoms with Crippen LogP contribution in [-0.2, 0) is 17.8 Å². The summed E-state index contributed by atoms with van der Waals surface area (Å²) in [7, 11) is 1.90. The number of hydrogen-bond donors (Lipinski definition) is 0. The Kier molecular flexibility index (Phi) is 7.34. The normalized spacial score (nSPS) is 17.6. The van der Waals surface area contributed by atoms with Crippen molar-refractivity contribution in [3.63, 3.8) is 0 Å². The largest absolute Gasteiger partial charge is 0.345 e. The first-order chi connectivity index (χ1) is 13.2. The summed E-state index contributed by atoms with van der Waals surface area (Å²) in [5.41, 5.74) is 2.30. The van der Waals surface area contributed by atoms with E-state index in [4.69, 9.17) is 0 Å². The molecule has 1 unspecified atom stereocenters. The fourth-order valence-electron chi connectivity index (χ4n) is 3.75. The number of likely N-dealkylation sites (tertiary alicyclic amines) is 1. The van der Waals surface area contributed by atoms with Crippen molar-refractivity contribution in [1.29, 1.82) is 0 Å². The summed E-state index contributed by atoms with van der Waals surface area (Å²) in [5, 5.41) is 0. The lowest BCUT2D eigenvalue weighted by Crippen LogP contribution is -2.36. The molecule has 27 heavy (non-hydrogen) atoms. The number of hydrogen-bond acceptors (Lipinski definition) is 4. The Balaban J connectivity index is 1.38. The molecule has 0 aliphatic carbocycles. The zero-order chi connectivity index (χ0) is 18.9. The SMILES string of the molecule is CN(CCc1ccccn1)C(=O)CCC1CCCN(Cc2cccnc2)C1. The molecule has 0 N–H and O–H groups in total. The molecule has 1 fully saturated rings. The number of pyridine rings is 2. The average molecular weight is 367 g/mol. The number of aromatic nitrogens is 2. The third kappa shape index (κ3) is 6.43. The number of piperidine rings is 1. The minimum absolute atomic E-state index is 0.246. The van der Waals surface area contributed by atoms with Gasteiger partial charge in [-0.25, -0.2) is 0 Å². The third-order valence-corrected chi connectivity index (χ3v) is 5.35. The zero-order valence-corrected chi connectivity index (χ0v) is 16.3. The van der Waals surface area contributed by atoms with Crippen molar-refractivity contribution in [1.82, 2.24) is 19.8 Å². The zero-order valence-electron chi connectivity index (χ0n) is 16.3. The van der Waals surface area contributed by atoms with Gasteiger partial charge in [0.1, 0.15) is 0 Å². The summed E-state index contributed by atoms with van der Waals surface area (Å²) in [4.78, 5) is 25.3. The van der Waals surface area contributed by atoms with Gasteiger partial charge in [0.2, 0.25) is 5.91 Å². The highest BCUT2D eigenvalue weighted by atomic mass is 16.2. The van der Waals surface area contributed by atoms with Crippen LogP contribution in [0.25, 0.3) is 0 Å². The van der Waals surface area contributed by atoms with E-state index in [1.165, 1.54) is 18.4 Å². The molecule has 0 radical (unpaired) electrons. The molecule has 0 aromatic carbocycles. The van der Waals surface area contributed by atoms with E-state index in [1.54, 1.807) is 6.20 Å². The summed E-state index contributed by atoms with van der Waals surface area (Å²) in [6, 6.07) is 10.1. The maximum Gasteiger partial charge on any atom is 0.222 e. The second kappa shape index (κ2) is 10.2. The fourth-order valence-corrected chi connectivity index (χ4v) is 3.75. The molecule has 5 nitrogen and oxygen atoms in total. The van der Waals surface area contributed by atoms with Crippen molar-refractivity contribution < 1.29 is 4.79 Å². The molecule has 1 atom stereocenters. The minimum atomic E-state index is 0.246. The number of rotatable bonds is 8. The summed E-state index contributed by atoms with van der Waals surface area (Å²) < 4.78 is 0. The molecule has 1 aliphatic heterocycles. The molecule has 2 aromatic rings. The van der Waals surface area contributed by atoms with Crippen LogP contribution in [-0.4, -0.2) is 52.4 Å². The van der Waals surface area contributed by atoms with Gasteiger partial charge in [0.05, 0.1) is 0 Å². The first kappa shape index (κ1) is 19.5. The first-order valence-electron chi connectivity index (χ1n) is 9.96. The van der Waals surface area contributed by atoms with E-state index in [1.807, 2.05) is 48.6 Å². The van der Waals surface area contributed by atoms with Crippen LogP contribution < -0.4 is 0 Å². The highest BCUT2D eigenvalue weighted by molar-refractivity contribution is 5.75. The Morgan fingerprint density at radius 1 is 1.26 bits per heavy atom. The smallest absolute Gasteiger partial charge is 0.222 e. The van der Waals surface area contributed by atoms with Crippen LogP contribution in [0.3, 0.4) is 0 Å². The van der Waals surface area contributed by atoms with E-state index in [2.05, 4.69) is 20.9 Å². The number of likely N-dealkylation sites (N-methyl/N-ethyl adjacent to an activating group) is 1. The van der Waals surface area contributed by atoms with Crippen LogP contribution in [0.1, 0.15) is 36.9 Å². The molecule has 144 valence electrons. The predicted octanol–water partition coefficient (Wildman–Crippen LogP) is 3.17. The monoisotopic (exact) mass is 366 g/mol. The average Bonchev–Trinajstić information content (AvgIpc) is 2.72. The van der Waals surface area contributed by atoms with Crippen molar-refractivity contribution in [3.8, 4) is 0 Å². The van der Waals surface area contributed by atoms with Crippen LogP contribution >= 0.6 is 0 Å². The quantitative estimate of drug-likeness (QED) is 0.720. The van der Waals surface area contributed by atoms with E-state index < -0.39 is 0 Å². The van der Waals surface area contributed by atoms with E-state index >= 15 is 0 Å². The summed E-state index contributed by atoms with van der Waals surface area (Å²) in [5.74, 6) is 0.860. The van der Waals surface area contributed by atoms with Crippen LogP contribution in [0.2, 0.25) is 0 Å². The molecular formula is C22H30N4O. The molecule has 1 saturated heterocycles. The Hall–Kier alpha value is -2.27. The van der Waals surface area contributed by atoms with Crippen LogP contribution in [0.15, 0.2) is 48.9 Å². The van der Waals surface area contributed by atoms with E-state index in [9.17, 15) is 4.79 Å². The van der Waals surface area contributed by atoms with Crippen molar-refractivity contribution >= 4 is 5.91 Å². The van der Waals surface area contributed by atoms with Crippen molar-refractivity contribution in [2.24, 2.45) is 5.92 Å². The Morgan fingerprint density at radius 3 is 2.96 bits per heavy atom. The Morgan fingerprint density at radius 2 is 2.19 bits per heavy atom. The maximum absolute atomic E-state index is 12.5. The topological polar surface area (TPSA) is 49.3 Å². The van der Waals surface area contributed by atoms with Crippen LogP contribution in [0, 0.1) is 5.92 Å². The molecule has 3 heterocycles. The van der Waals surface area contributed by atoms with E-state index in [0.717, 1.165) is 44.7 Å². The Bertz CT molecular complexity index is 692. The lowest BCUT2D eigenvalue weighted by Gasteiger charge is -2.33. The predicted molar refractivity (Wildman–Crippen MR) is 107 cm³/mol. The molecule has 3 rings (SSSR count). The summed E-state index contributed by atoms with van der Waals surface area (Å²) in [6.07, 6.45) is 10.5. The van der Waals surface area contributed by atoms with Gasteiger partial charge >= 0.3 is 0 Å². The number of amides is 1. The van der Waals surface area contributed by atoms with Gasteiger partial charge in [-0.1, -0.05) is 12.1 Å². The van der Waals surface area contributed by atoms with E-state index in [0.29, 0.717) is 12.3 Å². The first-order valence-corrected chi connectivity index (χ1v) is 9.96. The maximum atomic E-state index is 12.5. The summed E-state index contributed by atoms with van der Waals surface area (Å²) in [6.45, 7) is 3.92. The Labute approximate surface area is 162 Å². The van der Waals surface area contributed by atoms with Gasteiger partial charge in [0, 0.05) is 63.8 Å². The van der Waals surface area contributed by atoms with E-state index in [-0.39, 0.29) is 5.91 Å². The lowest BCUT2D eigenvalue weighted by atomic mass is 9.93. The second-order valence-electron chi connectivity index (χ2n) is 7.53. The number of carbonyl (C=O) groups is 1. The molecule has 0 bridgehead atoms. The van der Waals surface area contributed by atoms with Crippen LogP contribution in [0.4, 0.5) is 0 Å². The number of carbonyl (C=O) groups excluding carboxylic acids is 1. The van der Waals surface area contributed by atoms with Crippen molar-refractivity contribution in [2.75, 3.05) is 26.7 Å². The number of nitrogens with zero attached hydrogens (tertiary/aromatic N) is 4. The molecular weight excluding hydrogens is 336 g/mol. The lowest BCUT2D eigenvalue weighted by molar-refractivity contribution is -0.130. The molecule has 1 aliphatic rings. The standard InChI is InChI=1S/C22H30N4O/c1-25(15-11-21-8-2-3-13-24-21)22(27)10-9-19-7-5-14-26(17-19)18-20-6-4-12-23-16-20/h2-4,6,8,12-13,16,19H,5,7,9-11,14-15,17-18H2,1H3. The fraction of sp³-hybridized carbons (Fsp3) is 0.500. The van der Waals surface area contributed by atoms with Crippen LogP contribution in [0.5, 0.6) is 0 Å². The van der Waals surface area contributed by atoms with Gasteiger partial charge in [-0.3, -0.25) is 19.7 Å². The molecule has 5 heteroatoms. The van der Waals surface area contributed by atoms with Gasteiger partial charge in [-0.15, -0.1) is 0 Å². The second-order valence-corrected chi connectivity index (χ2v) is 7.53. The van der Waals surface area contributed by atoms with Crippen molar-refractivity contribution in [2.45, 2.75) is 38.6 Å². The highest BCUT2D eigenvalue weighted by Gasteiger charge is 2.21. The van der Waals surface area contributed by atoms with Gasteiger partial charge in [-0.2, -0.15) is 0 Å². The molecule has 0 saturated carbocycles. The highest BCUT2D eigenvalue weighted by Crippen LogP contribution is 2.22. The van der Waals surface area contributed by atoms with Gasteiger partial charge in [0.25, 0.3) is 0 Å².